The van der Waals surface area contributed by atoms with Crippen molar-refractivity contribution < 1.29 is 14.6 Å². The Hall–Kier alpha value is -3.42. The maximum atomic E-state index is 10.6. The highest BCUT2D eigenvalue weighted by molar-refractivity contribution is 6.07. The lowest BCUT2D eigenvalue weighted by molar-refractivity contribution is 0.0582. The van der Waals surface area contributed by atoms with Crippen molar-refractivity contribution in [3.8, 4) is 5.75 Å². The molecule has 0 atom stereocenters. The topological polar surface area (TPSA) is 95.4 Å². The molecule has 5 rings (SSSR count). The molecule has 0 saturated carbocycles. The maximum Gasteiger partial charge on any atom is 0.152 e. The van der Waals surface area contributed by atoms with Gasteiger partial charge in [0.15, 0.2) is 5.82 Å². The van der Waals surface area contributed by atoms with Gasteiger partial charge in [0.1, 0.15) is 23.7 Å². The summed E-state index contributed by atoms with van der Waals surface area (Å²) in [5.74, 6) is 1.82. The van der Waals surface area contributed by atoms with E-state index in [1.165, 1.54) is 16.7 Å². The van der Waals surface area contributed by atoms with E-state index < -0.39 is 5.60 Å². The van der Waals surface area contributed by atoms with E-state index in [-0.39, 0.29) is 0 Å². The molecular formula is C28H32N4O3. The summed E-state index contributed by atoms with van der Waals surface area (Å²) in [5, 5.41) is 11.5. The number of fused-ring (bicyclic) bond motifs is 4. The number of hydrogen-bond donors (Lipinski definition) is 2. The van der Waals surface area contributed by atoms with Crippen LogP contribution in [0.3, 0.4) is 0 Å². The van der Waals surface area contributed by atoms with Gasteiger partial charge in [0.25, 0.3) is 0 Å². The Balaban J connectivity index is 1.44. The van der Waals surface area contributed by atoms with Crippen LogP contribution >= 0.6 is 0 Å². The molecule has 0 amide bonds. The van der Waals surface area contributed by atoms with Crippen LogP contribution in [0, 0.1) is 0 Å². The van der Waals surface area contributed by atoms with Crippen molar-refractivity contribution in [2.45, 2.75) is 52.4 Å². The predicted molar refractivity (Wildman–Crippen MR) is 139 cm³/mol. The molecule has 0 unspecified atom stereocenters. The molecule has 2 aromatic heterocycles. The second kappa shape index (κ2) is 9.32. The van der Waals surface area contributed by atoms with Crippen molar-refractivity contribution in [2.75, 3.05) is 18.9 Å². The molecule has 1 aliphatic rings. The van der Waals surface area contributed by atoms with Crippen LogP contribution in [0.4, 0.5) is 5.82 Å². The summed E-state index contributed by atoms with van der Waals surface area (Å²) >= 11 is 0. The van der Waals surface area contributed by atoms with Crippen LogP contribution in [0.1, 0.15) is 44.1 Å². The monoisotopic (exact) mass is 472 g/mol. The van der Waals surface area contributed by atoms with E-state index in [2.05, 4.69) is 35.3 Å². The van der Waals surface area contributed by atoms with Gasteiger partial charge >= 0.3 is 0 Å². The van der Waals surface area contributed by atoms with Crippen molar-refractivity contribution in [3.63, 3.8) is 0 Å². The van der Waals surface area contributed by atoms with Crippen molar-refractivity contribution in [1.82, 2.24) is 14.5 Å². The predicted octanol–water partition coefficient (Wildman–Crippen LogP) is 4.88. The minimum absolute atomic E-state index is 0.336. The number of pyridine rings is 1. The van der Waals surface area contributed by atoms with Crippen LogP contribution in [-0.4, -0.2) is 38.5 Å². The molecule has 2 aromatic carbocycles. The minimum Gasteiger partial charge on any atom is -0.493 e. The van der Waals surface area contributed by atoms with E-state index in [4.69, 9.17) is 20.2 Å². The van der Waals surface area contributed by atoms with Crippen molar-refractivity contribution >= 4 is 33.3 Å². The summed E-state index contributed by atoms with van der Waals surface area (Å²) in [6, 6.07) is 14.4. The fraction of sp³-hybridized carbons (Fsp3) is 0.357. The molecule has 0 radical (unpaired) electrons. The van der Waals surface area contributed by atoms with Gasteiger partial charge in [-0.3, -0.25) is 0 Å². The fourth-order valence-corrected chi connectivity index (χ4v) is 4.76. The number of nitrogens with zero attached hydrogens (tertiary/aromatic N) is 3. The molecule has 7 nitrogen and oxygen atoms in total. The molecule has 0 spiro atoms. The van der Waals surface area contributed by atoms with Crippen molar-refractivity contribution in [2.24, 2.45) is 0 Å². The van der Waals surface area contributed by atoms with Gasteiger partial charge in [-0.1, -0.05) is 30.3 Å². The Morgan fingerprint density at radius 1 is 1.14 bits per heavy atom. The summed E-state index contributed by atoms with van der Waals surface area (Å²) in [6.07, 6.45) is 4.13. The highest BCUT2D eigenvalue weighted by atomic mass is 16.5. The first kappa shape index (κ1) is 23.3. The van der Waals surface area contributed by atoms with Gasteiger partial charge in [0.05, 0.1) is 29.8 Å². The lowest BCUT2D eigenvalue weighted by Gasteiger charge is -2.20. The third-order valence-corrected chi connectivity index (χ3v) is 6.31. The zero-order valence-corrected chi connectivity index (χ0v) is 20.5. The van der Waals surface area contributed by atoms with Crippen molar-refractivity contribution in [3.05, 3.63) is 65.5 Å². The normalized spacial score (nSPS) is 13.4. The molecule has 0 saturated heterocycles. The first-order chi connectivity index (χ1) is 16.8. The quantitative estimate of drug-likeness (QED) is 0.360. The van der Waals surface area contributed by atoms with Crippen LogP contribution in [-0.2, 0) is 24.3 Å². The number of nitrogens with two attached hydrogens (primary N) is 1. The maximum absolute atomic E-state index is 10.6. The number of aliphatic hydroxyl groups is 1. The summed E-state index contributed by atoms with van der Waals surface area (Å²) < 4.78 is 13.7. The van der Waals surface area contributed by atoms with Gasteiger partial charge < -0.3 is 24.9 Å². The molecule has 3 N–H and O–H groups in total. The number of allylic oxidation sites excluding steroid dienone is 1. The average molecular weight is 473 g/mol. The number of imidazole rings is 1. The van der Waals surface area contributed by atoms with E-state index in [1.807, 2.05) is 29.7 Å². The third-order valence-electron chi connectivity index (χ3n) is 6.31. The smallest absolute Gasteiger partial charge is 0.152 e. The third kappa shape index (κ3) is 4.74. The molecule has 182 valence electrons. The van der Waals surface area contributed by atoms with Gasteiger partial charge in [0, 0.05) is 24.5 Å². The van der Waals surface area contributed by atoms with E-state index >= 15 is 0 Å². The number of nitrogen functional groups attached to an aromatic ring is 1. The Morgan fingerprint density at radius 2 is 1.97 bits per heavy atom. The van der Waals surface area contributed by atoms with Crippen LogP contribution in [0.25, 0.3) is 27.5 Å². The first-order valence-corrected chi connectivity index (χ1v) is 12.1. The standard InChI is InChI=1S/C28H32N4O3/c1-4-34-16-24-31-25-26(32(24)17-28(2,3)33)22-12-11-20(15-23(22)30-27(25)29)35-14-13-19-10-9-18-7-5-6-8-21(18)19/h5-8,10-12,15,33H,4,9,13-14,16-17H2,1-3H3,(H2,29,30). The molecule has 7 heteroatoms. The second-order valence-corrected chi connectivity index (χ2v) is 9.63. The molecule has 4 aromatic rings. The van der Waals surface area contributed by atoms with Gasteiger partial charge in [-0.25, -0.2) is 9.97 Å². The SMILES string of the molecule is CCOCc1nc2c(N)nc3cc(OCCC4=CCc5ccccc54)ccc3c2n1CC(C)(C)O. The molecule has 35 heavy (non-hydrogen) atoms. The van der Waals surface area contributed by atoms with Crippen LogP contribution in [0.2, 0.25) is 0 Å². The van der Waals surface area contributed by atoms with E-state index in [0.717, 1.165) is 40.8 Å². The van der Waals surface area contributed by atoms with Gasteiger partial charge in [-0.05, 0) is 56.0 Å². The zero-order chi connectivity index (χ0) is 24.6. The van der Waals surface area contributed by atoms with Crippen LogP contribution in [0.15, 0.2) is 48.5 Å². The average Bonchev–Trinajstić information content (AvgIpc) is 3.39. The Morgan fingerprint density at radius 3 is 2.77 bits per heavy atom. The number of anilines is 1. The number of ether oxygens (including phenoxy) is 2. The van der Waals surface area contributed by atoms with Gasteiger partial charge in [0.2, 0.25) is 0 Å². The molecular weight excluding hydrogens is 440 g/mol. The Kier molecular flexibility index (Phi) is 6.21. The zero-order valence-electron chi connectivity index (χ0n) is 20.5. The summed E-state index contributed by atoms with van der Waals surface area (Å²) in [4.78, 5) is 9.34. The lowest BCUT2D eigenvalue weighted by Crippen LogP contribution is -2.27. The van der Waals surface area contributed by atoms with Crippen molar-refractivity contribution in [1.29, 1.82) is 0 Å². The Bertz CT molecular complexity index is 1420. The number of rotatable bonds is 9. The second-order valence-electron chi connectivity index (χ2n) is 9.63. The van der Waals surface area contributed by atoms with Gasteiger partial charge in [-0.2, -0.15) is 0 Å². The number of aromatic nitrogens is 3. The highest BCUT2D eigenvalue weighted by Crippen LogP contribution is 2.33. The number of hydrogen-bond acceptors (Lipinski definition) is 6. The highest BCUT2D eigenvalue weighted by Gasteiger charge is 2.23. The van der Waals surface area contributed by atoms with Crippen LogP contribution < -0.4 is 10.5 Å². The van der Waals surface area contributed by atoms with Crippen LogP contribution in [0.5, 0.6) is 5.75 Å². The minimum atomic E-state index is -0.935. The molecule has 0 bridgehead atoms. The Labute approximate surface area is 205 Å². The summed E-state index contributed by atoms with van der Waals surface area (Å²) in [7, 11) is 0. The molecule has 2 heterocycles. The summed E-state index contributed by atoms with van der Waals surface area (Å²) in [6.45, 7) is 7.35. The lowest BCUT2D eigenvalue weighted by atomic mass is 10.0. The number of benzene rings is 2. The van der Waals surface area contributed by atoms with E-state index in [0.29, 0.717) is 37.7 Å². The van der Waals surface area contributed by atoms with E-state index in [9.17, 15) is 5.11 Å². The molecule has 0 fully saturated rings. The molecule has 1 aliphatic carbocycles. The fourth-order valence-electron chi connectivity index (χ4n) is 4.76. The first-order valence-electron chi connectivity index (χ1n) is 12.1. The van der Waals surface area contributed by atoms with Gasteiger partial charge in [-0.15, -0.1) is 0 Å². The summed E-state index contributed by atoms with van der Waals surface area (Å²) in [5.41, 5.74) is 11.7. The molecule has 0 aliphatic heterocycles. The largest absolute Gasteiger partial charge is 0.493 e. The van der Waals surface area contributed by atoms with E-state index in [1.54, 1.807) is 13.8 Å².